The quantitative estimate of drug-likeness (QED) is 0.801. The Bertz CT molecular complexity index is 405. The molecule has 0 saturated carbocycles. The monoisotopic (exact) mass is 224 g/mol. The molecule has 1 aromatic rings. The van der Waals surface area contributed by atoms with E-state index in [1.807, 2.05) is 0 Å². The Morgan fingerprint density at radius 3 is 2.88 bits per heavy atom. The van der Waals surface area contributed by atoms with Gasteiger partial charge in [-0.3, -0.25) is 4.79 Å². The lowest BCUT2D eigenvalue weighted by Crippen LogP contribution is -2.58. The highest BCUT2D eigenvalue weighted by Crippen LogP contribution is 2.18. The molecule has 2 rings (SSSR count). The van der Waals surface area contributed by atoms with Gasteiger partial charge in [0.05, 0.1) is 18.8 Å². The summed E-state index contributed by atoms with van der Waals surface area (Å²) in [6.45, 7) is 0.785. The third-order valence-electron chi connectivity index (χ3n) is 2.40. The zero-order valence-electron chi connectivity index (χ0n) is 8.70. The average molecular weight is 224 g/mol. The minimum absolute atomic E-state index is 0.184. The molecule has 0 radical (unpaired) electrons. The topological polar surface area (TPSA) is 64.4 Å². The molecule has 1 aromatic carbocycles. The molecular formula is C11H13FN2O2. The van der Waals surface area contributed by atoms with Crippen LogP contribution in [0.3, 0.4) is 0 Å². The molecule has 5 heteroatoms. The van der Waals surface area contributed by atoms with Gasteiger partial charge in [-0.15, -0.1) is 0 Å². The first kappa shape index (κ1) is 11.0. The zero-order valence-corrected chi connectivity index (χ0v) is 8.70. The van der Waals surface area contributed by atoms with E-state index < -0.39 is 5.54 Å². The van der Waals surface area contributed by atoms with Crippen molar-refractivity contribution in [1.82, 2.24) is 0 Å². The number of benzene rings is 1. The van der Waals surface area contributed by atoms with Gasteiger partial charge in [0.15, 0.2) is 0 Å². The first-order chi connectivity index (χ1) is 7.57. The SMILES string of the molecule is NC1(CC(=O)Nc2cccc(F)c2)COC1. The molecular weight excluding hydrogens is 211 g/mol. The normalized spacial score (nSPS) is 17.6. The van der Waals surface area contributed by atoms with E-state index in [2.05, 4.69) is 5.32 Å². The number of halogens is 1. The van der Waals surface area contributed by atoms with E-state index in [9.17, 15) is 9.18 Å². The van der Waals surface area contributed by atoms with Gasteiger partial charge in [-0.1, -0.05) is 6.07 Å². The predicted molar refractivity (Wildman–Crippen MR) is 57.4 cm³/mol. The van der Waals surface area contributed by atoms with Gasteiger partial charge in [0.2, 0.25) is 5.91 Å². The lowest BCUT2D eigenvalue weighted by molar-refractivity contribution is -0.123. The molecule has 0 spiro atoms. The molecule has 0 aliphatic carbocycles. The van der Waals surface area contributed by atoms with Crippen molar-refractivity contribution in [3.63, 3.8) is 0 Å². The fraction of sp³-hybridized carbons (Fsp3) is 0.364. The molecule has 1 fully saturated rings. The van der Waals surface area contributed by atoms with Crippen molar-refractivity contribution >= 4 is 11.6 Å². The van der Waals surface area contributed by atoms with Crippen LogP contribution in [0.2, 0.25) is 0 Å². The molecule has 0 atom stereocenters. The van der Waals surface area contributed by atoms with Crippen molar-refractivity contribution in [3.05, 3.63) is 30.1 Å². The molecule has 1 aliphatic heterocycles. The number of rotatable bonds is 3. The van der Waals surface area contributed by atoms with Crippen LogP contribution in [0.25, 0.3) is 0 Å². The smallest absolute Gasteiger partial charge is 0.226 e. The standard InChI is InChI=1S/C11H13FN2O2/c12-8-2-1-3-9(4-8)14-10(15)5-11(13)6-16-7-11/h1-4H,5-7,13H2,(H,14,15). The van der Waals surface area contributed by atoms with Crippen LogP contribution < -0.4 is 11.1 Å². The Morgan fingerprint density at radius 2 is 2.31 bits per heavy atom. The van der Waals surface area contributed by atoms with Crippen molar-refractivity contribution in [3.8, 4) is 0 Å². The van der Waals surface area contributed by atoms with Gasteiger partial charge in [0.1, 0.15) is 5.82 Å². The largest absolute Gasteiger partial charge is 0.377 e. The van der Waals surface area contributed by atoms with E-state index >= 15 is 0 Å². The Morgan fingerprint density at radius 1 is 1.56 bits per heavy atom. The molecule has 1 aliphatic rings. The van der Waals surface area contributed by atoms with Gasteiger partial charge < -0.3 is 15.8 Å². The number of amides is 1. The van der Waals surface area contributed by atoms with Crippen LogP contribution in [0, 0.1) is 5.82 Å². The van der Waals surface area contributed by atoms with Gasteiger partial charge in [-0.05, 0) is 18.2 Å². The minimum Gasteiger partial charge on any atom is -0.377 e. The number of carbonyl (C=O) groups is 1. The van der Waals surface area contributed by atoms with E-state index in [1.165, 1.54) is 18.2 Å². The summed E-state index contributed by atoms with van der Waals surface area (Å²) in [6, 6.07) is 5.75. The minimum atomic E-state index is -0.558. The molecule has 4 nitrogen and oxygen atoms in total. The van der Waals surface area contributed by atoms with Crippen molar-refractivity contribution in [2.45, 2.75) is 12.0 Å². The number of carbonyl (C=O) groups excluding carboxylic acids is 1. The van der Waals surface area contributed by atoms with Gasteiger partial charge in [-0.25, -0.2) is 4.39 Å². The summed E-state index contributed by atoms with van der Waals surface area (Å²) in [5.41, 5.74) is 5.71. The van der Waals surface area contributed by atoms with Gasteiger partial charge >= 0.3 is 0 Å². The summed E-state index contributed by atoms with van der Waals surface area (Å²) in [7, 11) is 0. The maximum atomic E-state index is 12.8. The Labute approximate surface area is 92.6 Å². The molecule has 0 unspecified atom stereocenters. The predicted octanol–water partition coefficient (Wildman–Crippen LogP) is 0.882. The van der Waals surface area contributed by atoms with Crippen molar-refractivity contribution in [2.75, 3.05) is 18.5 Å². The van der Waals surface area contributed by atoms with Gasteiger partial charge in [0.25, 0.3) is 0 Å². The maximum absolute atomic E-state index is 12.8. The van der Waals surface area contributed by atoms with Crippen molar-refractivity contribution in [1.29, 1.82) is 0 Å². The summed E-state index contributed by atoms with van der Waals surface area (Å²) < 4.78 is 17.8. The fourth-order valence-electron chi connectivity index (χ4n) is 1.56. The van der Waals surface area contributed by atoms with E-state index in [1.54, 1.807) is 6.07 Å². The van der Waals surface area contributed by atoms with Crippen molar-refractivity contribution < 1.29 is 13.9 Å². The van der Waals surface area contributed by atoms with Crippen LogP contribution in [0.15, 0.2) is 24.3 Å². The van der Waals surface area contributed by atoms with Crippen LogP contribution in [0.4, 0.5) is 10.1 Å². The molecule has 0 bridgehead atoms. The van der Waals surface area contributed by atoms with Crippen LogP contribution in [0.1, 0.15) is 6.42 Å². The lowest BCUT2D eigenvalue weighted by Gasteiger charge is -2.37. The van der Waals surface area contributed by atoms with E-state index in [0.29, 0.717) is 18.9 Å². The van der Waals surface area contributed by atoms with E-state index in [-0.39, 0.29) is 18.1 Å². The Kier molecular flexibility index (Phi) is 2.89. The summed E-state index contributed by atoms with van der Waals surface area (Å²) in [5, 5.41) is 2.59. The second-order valence-corrected chi connectivity index (χ2v) is 4.09. The van der Waals surface area contributed by atoms with E-state index in [0.717, 1.165) is 0 Å². The van der Waals surface area contributed by atoms with E-state index in [4.69, 9.17) is 10.5 Å². The highest BCUT2D eigenvalue weighted by molar-refractivity contribution is 5.91. The molecule has 1 amide bonds. The summed E-state index contributed by atoms with van der Waals surface area (Å²) in [4.78, 5) is 11.6. The molecule has 16 heavy (non-hydrogen) atoms. The Balaban J connectivity index is 1.92. The molecule has 86 valence electrons. The third-order valence-corrected chi connectivity index (χ3v) is 2.40. The number of ether oxygens (including phenoxy) is 1. The first-order valence-corrected chi connectivity index (χ1v) is 4.99. The molecule has 1 heterocycles. The summed E-state index contributed by atoms with van der Waals surface area (Å²) >= 11 is 0. The summed E-state index contributed by atoms with van der Waals surface area (Å²) in [6.07, 6.45) is 0.184. The number of hydrogen-bond donors (Lipinski definition) is 2. The van der Waals surface area contributed by atoms with Crippen LogP contribution in [-0.4, -0.2) is 24.7 Å². The third kappa shape index (κ3) is 2.56. The molecule has 3 N–H and O–H groups in total. The molecule has 1 saturated heterocycles. The lowest BCUT2D eigenvalue weighted by atomic mass is 9.94. The number of nitrogens with two attached hydrogens (primary N) is 1. The number of anilines is 1. The summed E-state index contributed by atoms with van der Waals surface area (Å²) in [5.74, 6) is -0.608. The number of hydrogen-bond acceptors (Lipinski definition) is 3. The van der Waals surface area contributed by atoms with Crippen LogP contribution in [0.5, 0.6) is 0 Å². The molecule has 0 aromatic heterocycles. The fourth-order valence-corrected chi connectivity index (χ4v) is 1.56. The first-order valence-electron chi connectivity index (χ1n) is 4.99. The van der Waals surface area contributed by atoms with Crippen molar-refractivity contribution in [2.24, 2.45) is 5.73 Å². The second-order valence-electron chi connectivity index (χ2n) is 4.09. The maximum Gasteiger partial charge on any atom is 0.226 e. The van der Waals surface area contributed by atoms with Gasteiger partial charge in [-0.2, -0.15) is 0 Å². The van der Waals surface area contributed by atoms with Crippen LogP contribution in [-0.2, 0) is 9.53 Å². The number of nitrogens with one attached hydrogen (secondary N) is 1. The highest BCUT2D eigenvalue weighted by Gasteiger charge is 2.36. The average Bonchev–Trinajstić information content (AvgIpc) is 2.15. The second kappa shape index (κ2) is 4.19. The van der Waals surface area contributed by atoms with Crippen LogP contribution >= 0.6 is 0 Å². The highest BCUT2D eigenvalue weighted by atomic mass is 19.1. The van der Waals surface area contributed by atoms with Gasteiger partial charge in [0, 0.05) is 12.1 Å². The zero-order chi connectivity index (χ0) is 11.6. The Hall–Kier alpha value is -1.46.